The number of hydrogen-bond acceptors (Lipinski definition) is 7. The molecule has 0 radical (unpaired) electrons. The molecule has 1 unspecified atom stereocenters. The molecule has 1 fully saturated rings. The zero-order chi connectivity index (χ0) is 24.4. The first-order chi connectivity index (χ1) is 16.4. The molecular weight excluding hydrogens is 434 g/mol. The van der Waals surface area contributed by atoms with E-state index in [1.165, 1.54) is 19.1 Å². The van der Waals surface area contributed by atoms with E-state index in [9.17, 15) is 14.7 Å². The third kappa shape index (κ3) is 3.94. The smallest absolute Gasteiger partial charge is 0.300 e. The predicted molar refractivity (Wildman–Crippen MR) is 129 cm³/mol. The highest BCUT2D eigenvalue weighted by Gasteiger charge is 2.47. The fourth-order valence-corrected chi connectivity index (χ4v) is 3.97. The molecule has 1 aliphatic heterocycles. The highest BCUT2D eigenvalue weighted by molar-refractivity contribution is 6.51. The van der Waals surface area contributed by atoms with Crippen LogP contribution in [0.5, 0.6) is 11.5 Å². The number of nitrogens with zero attached hydrogens (tertiary/aromatic N) is 3. The highest BCUT2D eigenvalue weighted by Crippen LogP contribution is 2.43. The number of aliphatic hydroxyl groups excluding tert-OH is 1. The first-order valence-corrected chi connectivity index (χ1v) is 10.6. The number of carbonyl (C=O) groups is 2. The quantitative estimate of drug-likeness (QED) is 0.341. The molecule has 2 aromatic carbocycles. The molecule has 1 amide bonds. The fraction of sp³-hybridized carbons (Fsp3) is 0.192. The van der Waals surface area contributed by atoms with E-state index in [0.29, 0.717) is 22.9 Å². The van der Waals surface area contributed by atoms with Crippen LogP contribution in [0.4, 0.5) is 11.4 Å². The number of methoxy groups -OCH3 is 2. The molecule has 0 aliphatic carbocycles. The number of pyridine rings is 1. The molecule has 8 heteroatoms. The van der Waals surface area contributed by atoms with Gasteiger partial charge in [-0.25, -0.2) is 0 Å². The third-order valence-electron chi connectivity index (χ3n) is 5.72. The van der Waals surface area contributed by atoms with Gasteiger partial charge in [0.05, 0.1) is 31.1 Å². The van der Waals surface area contributed by atoms with Crippen molar-refractivity contribution in [3.8, 4) is 11.5 Å². The van der Waals surface area contributed by atoms with Crippen LogP contribution in [-0.2, 0) is 9.59 Å². The van der Waals surface area contributed by atoms with Crippen LogP contribution < -0.4 is 19.3 Å². The van der Waals surface area contributed by atoms with Gasteiger partial charge < -0.3 is 19.5 Å². The molecule has 34 heavy (non-hydrogen) atoms. The van der Waals surface area contributed by atoms with Crippen molar-refractivity contribution < 1.29 is 24.2 Å². The SMILES string of the molecule is COc1ccc(OC)c(/C(O)=C2\C(=O)C(=O)N(c3ccc(N(C)C)cc3)C2c2ccccn2)c1. The average Bonchev–Trinajstić information content (AvgIpc) is 3.14. The summed E-state index contributed by atoms with van der Waals surface area (Å²) in [6.45, 7) is 0. The monoisotopic (exact) mass is 459 g/mol. The van der Waals surface area contributed by atoms with Crippen molar-refractivity contribution in [2.45, 2.75) is 6.04 Å². The van der Waals surface area contributed by atoms with Gasteiger partial charge in [0.1, 0.15) is 23.3 Å². The van der Waals surface area contributed by atoms with Gasteiger partial charge in [-0.2, -0.15) is 0 Å². The number of anilines is 2. The Hall–Kier alpha value is -4.33. The van der Waals surface area contributed by atoms with Crippen LogP contribution >= 0.6 is 0 Å². The number of ketones is 1. The summed E-state index contributed by atoms with van der Waals surface area (Å²) >= 11 is 0. The van der Waals surface area contributed by atoms with Crippen molar-refractivity contribution in [2.75, 3.05) is 38.1 Å². The van der Waals surface area contributed by atoms with E-state index in [0.717, 1.165) is 5.69 Å². The molecule has 1 saturated heterocycles. The van der Waals surface area contributed by atoms with Gasteiger partial charge in [-0.15, -0.1) is 0 Å². The Kier molecular flexibility index (Phi) is 6.23. The second kappa shape index (κ2) is 9.27. The Morgan fingerprint density at radius 3 is 2.32 bits per heavy atom. The van der Waals surface area contributed by atoms with Crippen LogP contribution in [0.15, 0.2) is 72.4 Å². The van der Waals surface area contributed by atoms with Gasteiger partial charge in [0.2, 0.25) is 0 Å². The molecule has 1 atom stereocenters. The molecular formula is C26H25N3O5. The van der Waals surface area contributed by atoms with E-state index in [1.54, 1.807) is 54.7 Å². The largest absolute Gasteiger partial charge is 0.507 e. The average molecular weight is 460 g/mol. The zero-order valence-electron chi connectivity index (χ0n) is 19.4. The van der Waals surface area contributed by atoms with Gasteiger partial charge in [0.15, 0.2) is 0 Å². The Bertz CT molecular complexity index is 1250. The minimum atomic E-state index is -0.928. The van der Waals surface area contributed by atoms with Crippen molar-refractivity contribution in [2.24, 2.45) is 0 Å². The lowest BCUT2D eigenvalue weighted by Crippen LogP contribution is -2.29. The minimum Gasteiger partial charge on any atom is -0.507 e. The molecule has 0 saturated carbocycles. The van der Waals surface area contributed by atoms with E-state index in [2.05, 4.69) is 4.98 Å². The van der Waals surface area contributed by atoms with E-state index < -0.39 is 17.7 Å². The molecule has 3 aromatic rings. The van der Waals surface area contributed by atoms with Crippen LogP contribution in [0.25, 0.3) is 5.76 Å². The van der Waals surface area contributed by atoms with Gasteiger partial charge in [-0.1, -0.05) is 6.07 Å². The minimum absolute atomic E-state index is 0.0769. The van der Waals surface area contributed by atoms with Gasteiger partial charge >= 0.3 is 0 Å². The van der Waals surface area contributed by atoms with Crippen molar-refractivity contribution in [3.05, 3.63) is 83.7 Å². The molecule has 2 heterocycles. The van der Waals surface area contributed by atoms with Crippen LogP contribution in [0, 0.1) is 0 Å². The van der Waals surface area contributed by atoms with Crippen molar-refractivity contribution >= 4 is 28.8 Å². The molecule has 1 aliphatic rings. The van der Waals surface area contributed by atoms with E-state index in [1.807, 2.05) is 31.1 Å². The van der Waals surface area contributed by atoms with Crippen LogP contribution in [-0.4, -0.2) is 50.1 Å². The lowest BCUT2D eigenvalue weighted by atomic mass is 9.97. The normalized spacial score (nSPS) is 17.1. The van der Waals surface area contributed by atoms with E-state index >= 15 is 0 Å². The second-order valence-corrected chi connectivity index (χ2v) is 7.90. The summed E-state index contributed by atoms with van der Waals surface area (Å²) in [5.41, 5.74) is 2.06. The van der Waals surface area contributed by atoms with Gasteiger partial charge in [0, 0.05) is 31.7 Å². The van der Waals surface area contributed by atoms with Crippen LogP contribution in [0.3, 0.4) is 0 Å². The van der Waals surface area contributed by atoms with E-state index in [4.69, 9.17) is 9.47 Å². The lowest BCUT2D eigenvalue weighted by molar-refractivity contribution is -0.132. The summed E-state index contributed by atoms with van der Waals surface area (Å²) in [7, 11) is 6.78. The van der Waals surface area contributed by atoms with Crippen molar-refractivity contribution in [1.29, 1.82) is 0 Å². The molecule has 174 valence electrons. The van der Waals surface area contributed by atoms with Crippen LogP contribution in [0.1, 0.15) is 17.3 Å². The van der Waals surface area contributed by atoms with Crippen molar-refractivity contribution in [3.63, 3.8) is 0 Å². The second-order valence-electron chi connectivity index (χ2n) is 7.90. The number of aromatic nitrogens is 1. The summed E-state index contributed by atoms with van der Waals surface area (Å²) in [6, 6.07) is 16.4. The molecule has 0 spiro atoms. The predicted octanol–water partition coefficient (Wildman–Crippen LogP) is 3.79. The number of Topliss-reactive ketones (excluding diaryl/α,β-unsaturated/α-hetero) is 1. The third-order valence-corrected chi connectivity index (χ3v) is 5.72. The maximum atomic E-state index is 13.3. The lowest BCUT2D eigenvalue weighted by Gasteiger charge is -2.25. The molecule has 1 aromatic heterocycles. The topological polar surface area (TPSA) is 92.2 Å². The molecule has 8 nitrogen and oxygen atoms in total. The molecule has 1 N–H and O–H groups in total. The van der Waals surface area contributed by atoms with Gasteiger partial charge in [-0.3, -0.25) is 19.5 Å². The van der Waals surface area contributed by atoms with Crippen LogP contribution in [0.2, 0.25) is 0 Å². The number of carbonyl (C=O) groups excluding carboxylic acids is 2. The number of benzene rings is 2. The standard InChI is InChI=1S/C26H25N3O5/c1-28(2)16-8-10-17(11-9-16)29-23(20-7-5-6-14-27-20)22(25(31)26(29)32)24(30)19-15-18(33-3)12-13-21(19)34-4/h5-15,23,30H,1-4H3/b24-22+. The molecule has 0 bridgehead atoms. The fourth-order valence-electron chi connectivity index (χ4n) is 3.97. The van der Waals surface area contributed by atoms with Gasteiger partial charge in [0.25, 0.3) is 11.7 Å². The zero-order valence-corrected chi connectivity index (χ0v) is 19.4. The number of ether oxygens (including phenoxy) is 2. The summed E-state index contributed by atoms with van der Waals surface area (Å²) in [5.74, 6) is -1.13. The number of rotatable bonds is 6. The summed E-state index contributed by atoms with van der Waals surface area (Å²) < 4.78 is 10.7. The Labute approximate surface area is 197 Å². The summed E-state index contributed by atoms with van der Waals surface area (Å²) in [6.07, 6.45) is 1.58. The summed E-state index contributed by atoms with van der Waals surface area (Å²) in [4.78, 5) is 34.3. The van der Waals surface area contributed by atoms with Gasteiger partial charge in [-0.05, 0) is 54.6 Å². The number of aliphatic hydroxyl groups is 1. The van der Waals surface area contributed by atoms with Crippen molar-refractivity contribution in [1.82, 2.24) is 4.98 Å². The highest BCUT2D eigenvalue weighted by atomic mass is 16.5. The first kappa shape index (κ1) is 22.8. The molecule has 4 rings (SSSR count). The Morgan fingerprint density at radius 1 is 1.00 bits per heavy atom. The number of amides is 1. The maximum Gasteiger partial charge on any atom is 0.300 e. The Balaban J connectivity index is 1.94. The maximum absolute atomic E-state index is 13.3. The Morgan fingerprint density at radius 2 is 1.74 bits per heavy atom. The number of hydrogen-bond donors (Lipinski definition) is 1. The van der Waals surface area contributed by atoms with E-state index in [-0.39, 0.29) is 16.9 Å². The summed E-state index contributed by atoms with van der Waals surface area (Å²) in [5, 5.41) is 11.4. The first-order valence-electron chi connectivity index (χ1n) is 10.6.